The van der Waals surface area contributed by atoms with Gasteiger partial charge in [-0.05, 0) is 25.5 Å². The van der Waals surface area contributed by atoms with Crippen LogP contribution in [0.4, 0.5) is 0 Å². The van der Waals surface area contributed by atoms with Crippen molar-refractivity contribution < 1.29 is 9.47 Å². The highest BCUT2D eigenvalue weighted by Crippen LogP contribution is 2.07. The lowest BCUT2D eigenvalue weighted by Gasteiger charge is -2.17. The van der Waals surface area contributed by atoms with Gasteiger partial charge in [-0.2, -0.15) is 0 Å². The van der Waals surface area contributed by atoms with Gasteiger partial charge in [0.2, 0.25) is 0 Å². The molecule has 2 heteroatoms. The van der Waals surface area contributed by atoms with E-state index in [1.54, 1.807) is 6.26 Å². The molecule has 1 atom stereocenters. The van der Waals surface area contributed by atoms with Crippen LogP contribution in [-0.2, 0) is 9.47 Å². The second kappa shape index (κ2) is 7.07. The Balaban J connectivity index is 2.40. The Morgan fingerprint density at radius 3 is 2.44 bits per heavy atom. The fourth-order valence-electron chi connectivity index (χ4n) is 1.30. The van der Waals surface area contributed by atoms with Gasteiger partial charge >= 0.3 is 0 Å². The van der Waals surface area contributed by atoms with Crippen molar-refractivity contribution in [2.24, 2.45) is 0 Å². The number of hydrogen-bond acceptors (Lipinski definition) is 2. The lowest BCUT2D eigenvalue weighted by atomic mass is 10.2. The Bertz CT molecular complexity index is 304. The largest absolute Gasteiger partial charge is 0.473 e. The van der Waals surface area contributed by atoms with Crippen LogP contribution in [0.25, 0.3) is 6.08 Å². The van der Waals surface area contributed by atoms with Gasteiger partial charge in [0, 0.05) is 6.42 Å². The van der Waals surface area contributed by atoms with Gasteiger partial charge in [-0.3, -0.25) is 0 Å². The van der Waals surface area contributed by atoms with Gasteiger partial charge in [-0.15, -0.1) is 0 Å². The van der Waals surface area contributed by atoms with E-state index < -0.39 is 0 Å². The lowest BCUT2D eigenvalue weighted by Crippen LogP contribution is -2.18. The molecule has 0 heterocycles. The standard InChI is InChI=1S/C14H20O2/c1-4-14(16-12(2)3)15-11-10-13-8-6-5-7-9-13/h5-12,14H,4H2,1-3H3. The van der Waals surface area contributed by atoms with Crippen LogP contribution < -0.4 is 0 Å². The summed E-state index contributed by atoms with van der Waals surface area (Å²) in [5.74, 6) is 0. The summed E-state index contributed by atoms with van der Waals surface area (Å²) in [6, 6.07) is 10.1. The molecule has 1 aromatic rings. The molecule has 0 radical (unpaired) electrons. The van der Waals surface area contributed by atoms with Crippen LogP contribution in [0.15, 0.2) is 36.6 Å². The van der Waals surface area contributed by atoms with Crippen molar-refractivity contribution in [1.29, 1.82) is 0 Å². The maximum Gasteiger partial charge on any atom is 0.198 e. The summed E-state index contributed by atoms with van der Waals surface area (Å²) < 4.78 is 11.1. The molecule has 0 fully saturated rings. The maximum atomic E-state index is 5.56. The molecule has 0 saturated carbocycles. The first-order chi connectivity index (χ1) is 7.72. The Morgan fingerprint density at radius 1 is 1.19 bits per heavy atom. The molecule has 0 saturated heterocycles. The average Bonchev–Trinajstić information content (AvgIpc) is 2.28. The van der Waals surface area contributed by atoms with Crippen LogP contribution in [0.2, 0.25) is 0 Å². The van der Waals surface area contributed by atoms with Crippen LogP contribution in [0, 0.1) is 0 Å². The minimum atomic E-state index is -0.153. The van der Waals surface area contributed by atoms with Crippen LogP contribution >= 0.6 is 0 Å². The van der Waals surface area contributed by atoms with Gasteiger partial charge in [0.15, 0.2) is 6.29 Å². The molecule has 0 aliphatic heterocycles. The second-order valence-electron chi connectivity index (χ2n) is 3.87. The summed E-state index contributed by atoms with van der Waals surface area (Å²) >= 11 is 0. The third kappa shape index (κ3) is 4.99. The highest BCUT2D eigenvalue weighted by Gasteiger charge is 2.06. The highest BCUT2D eigenvalue weighted by molar-refractivity contribution is 5.47. The molecule has 16 heavy (non-hydrogen) atoms. The molecule has 1 rings (SSSR count). The van der Waals surface area contributed by atoms with Gasteiger partial charge in [0.05, 0.1) is 12.4 Å². The molecule has 0 spiro atoms. The SMILES string of the molecule is CCC(OC=Cc1ccccc1)OC(C)C. The zero-order valence-electron chi connectivity index (χ0n) is 10.2. The quantitative estimate of drug-likeness (QED) is 0.535. The lowest BCUT2D eigenvalue weighted by molar-refractivity contribution is -0.131. The number of benzene rings is 1. The van der Waals surface area contributed by atoms with E-state index in [2.05, 4.69) is 0 Å². The molecule has 0 amide bonds. The minimum absolute atomic E-state index is 0.153. The van der Waals surface area contributed by atoms with E-state index in [9.17, 15) is 0 Å². The molecular formula is C14H20O2. The van der Waals surface area contributed by atoms with Crippen LogP contribution in [-0.4, -0.2) is 12.4 Å². The first-order valence-electron chi connectivity index (χ1n) is 5.75. The summed E-state index contributed by atoms with van der Waals surface area (Å²) in [5, 5.41) is 0. The predicted molar refractivity (Wildman–Crippen MR) is 66.9 cm³/mol. The molecular weight excluding hydrogens is 200 g/mol. The van der Waals surface area contributed by atoms with E-state index >= 15 is 0 Å². The normalized spacial score (nSPS) is 13.2. The van der Waals surface area contributed by atoms with Crippen molar-refractivity contribution in [1.82, 2.24) is 0 Å². The van der Waals surface area contributed by atoms with Gasteiger partial charge in [0.1, 0.15) is 0 Å². The first kappa shape index (κ1) is 12.8. The highest BCUT2D eigenvalue weighted by atomic mass is 16.7. The Hall–Kier alpha value is -1.28. The van der Waals surface area contributed by atoms with E-state index in [4.69, 9.17) is 9.47 Å². The number of rotatable bonds is 6. The minimum Gasteiger partial charge on any atom is -0.473 e. The van der Waals surface area contributed by atoms with E-state index in [1.165, 1.54) is 0 Å². The van der Waals surface area contributed by atoms with Crippen molar-refractivity contribution >= 4 is 6.08 Å². The Labute approximate surface area is 97.9 Å². The summed E-state index contributed by atoms with van der Waals surface area (Å²) in [7, 11) is 0. The monoisotopic (exact) mass is 220 g/mol. The molecule has 0 aromatic heterocycles. The average molecular weight is 220 g/mol. The summed E-state index contributed by atoms with van der Waals surface area (Å²) in [6.07, 6.45) is 4.52. The molecule has 1 aromatic carbocycles. The van der Waals surface area contributed by atoms with Gasteiger partial charge in [0.25, 0.3) is 0 Å². The van der Waals surface area contributed by atoms with Crippen molar-refractivity contribution in [2.45, 2.75) is 39.6 Å². The predicted octanol–water partition coefficient (Wildman–Crippen LogP) is 3.84. The Kier molecular flexibility index (Phi) is 5.65. The molecule has 0 bridgehead atoms. The topological polar surface area (TPSA) is 18.5 Å². The fourth-order valence-corrected chi connectivity index (χ4v) is 1.30. The maximum absolute atomic E-state index is 5.56. The van der Waals surface area contributed by atoms with Crippen LogP contribution in [0.5, 0.6) is 0 Å². The van der Waals surface area contributed by atoms with Gasteiger partial charge < -0.3 is 9.47 Å². The third-order valence-corrected chi connectivity index (χ3v) is 2.05. The second-order valence-corrected chi connectivity index (χ2v) is 3.87. The molecule has 2 nitrogen and oxygen atoms in total. The van der Waals surface area contributed by atoms with E-state index in [0.29, 0.717) is 0 Å². The molecule has 1 unspecified atom stereocenters. The van der Waals surface area contributed by atoms with Crippen molar-refractivity contribution in [3.63, 3.8) is 0 Å². The smallest absolute Gasteiger partial charge is 0.198 e. The van der Waals surface area contributed by atoms with Crippen molar-refractivity contribution in [3.05, 3.63) is 42.2 Å². The fraction of sp³-hybridized carbons (Fsp3) is 0.429. The summed E-state index contributed by atoms with van der Waals surface area (Å²) in [5.41, 5.74) is 1.13. The number of ether oxygens (including phenoxy) is 2. The van der Waals surface area contributed by atoms with E-state index in [1.807, 2.05) is 57.2 Å². The van der Waals surface area contributed by atoms with Gasteiger partial charge in [-0.1, -0.05) is 37.3 Å². The third-order valence-electron chi connectivity index (χ3n) is 2.05. The molecule has 0 aliphatic carbocycles. The zero-order valence-corrected chi connectivity index (χ0v) is 10.2. The van der Waals surface area contributed by atoms with Crippen molar-refractivity contribution in [2.75, 3.05) is 0 Å². The molecule has 0 aliphatic rings. The first-order valence-corrected chi connectivity index (χ1v) is 5.75. The van der Waals surface area contributed by atoms with Crippen molar-refractivity contribution in [3.8, 4) is 0 Å². The summed E-state index contributed by atoms with van der Waals surface area (Å²) in [4.78, 5) is 0. The summed E-state index contributed by atoms with van der Waals surface area (Å²) in [6.45, 7) is 6.06. The van der Waals surface area contributed by atoms with E-state index in [0.717, 1.165) is 12.0 Å². The molecule has 88 valence electrons. The molecule has 0 N–H and O–H groups in total. The zero-order chi connectivity index (χ0) is 11.8. The Morgan fingerprint density at radius 2 is 1.88 bits per heavy atom. The van der Waals surface area contributed by atoms with E-state index in [-0.39, 0.29) is 12.4 Å². The van der Waals surface area contributed by atoms with Gasteiger partial charge in [-0.25, -0.2) is 0 Å². The van der Waals surface area contributed by atoms with Crippen LogP contribution in [0.1, 0.15) is 32.8 Å². The van der Waals surface area contributed by atoms with Crippen LogP contribution in [0.3, 0.4) is 0 Å². The number of hydrogen-bond donors (Lipinski definition) is 0.